The van der Waals surface area contributed by atoms with Gasteiger partial charge in [-0.3, -0.25) is 0 Å². The second-order valence-corrected chi connectivity index (χ2v) is 9.21. The molecule has 1 fully saturated rings. The van der Waals surface area contributed by atoms with E-state index in [0.717, 1.165) is 6.07 Å². The van der Waals surface area contributed by atoms with Crippen LogP contribution in [0.3, 0.4) is 0 Å². The standard InChI is InChI=1S/C24H25F3N6O/c1-13-31-20(29-10-14-5-4-6-15(18(14)25)19(26)27)16-9-17(24(11-28)7-8-24)22(33-21(16)32-13)30-12-23(2,3)34/h4-6,9,19,34H,7-8,10,12H2,1-3H3,(H2,29,30,31,32,33). The smallest absolute Gasteiger partial charge is 0.266 e. The highest BCUT2D eigenvalue weighted by atomic mass is 19.3. The zero-order valence-electron chi connectivity index (χ0n) is 19.1. The first-order chi connectivity index (χ1) is 16.0. The number of pyridine rings is 1. The molecule has 7 nitrogen and oxygen atoms in total. The van der Waals surface area contributed by atoms with E-state index in [1.165, 1.54) is 12.1 Å². The molecular weight excluding hydrogens is 445 g/mol. The quantitative estimate of drug-likeness (QED) is 0.436. The third-order valence-corrected chi connectivity index (χ3v) is 5.76. The number of benzene rings is 1. The van der Waals surface area contributed by atoms with Gasteiger partial charge in [0.25, 0.3) is 6.43 Å². The fourth-order valence-corrected chi connectivity index (χ4v) is 3.75. The molecule has 0 atom stereocenters. The largest absolute Gasteiger partial charge is 0.389 e. The van der Waals surface area contributed by atoms with Crippen LogP contribution in [0, 0.1) is 24.1 Å². The number of fused-ring (bicyclic) bond motifs is 1. The lowest BCUT2D eigenvalue weighted by Gasteiger charge is -2.21. The summed E-state index contributed by atoms with van der Waals surface area (Å²) in [6.07, 6.45) is -1.56. The van der Waals surface area contributed by atoms with Gasteiger partial charge >= 0.3 is 0 Å². The van der Waals surface area contributed by atoms with Gasteiger partial charge in [-0.25, -0.2) is 28.1 Å². The minimum atomic E-state index is -2.91. The van der Waals surface area contributed by atoms with Crippen molar-refractivity contribution in [3.8, 4) is 6.07 Å². The number of aliphatic hydroxyl groups is 1. The van der Waals surface area contributed by atoms with Crippen LogP contribution in [0.5, 0.6) is 0 Å². The Kier molecular flexibility index (Phi) is 6.08. The van der Waals surface area contributed by atoms with Crippen LogP contribution in [0.1, 0.15) is 55.6 Å². The van der Waals surface area contributed by atoms with Gasteiger partial charge in [0.2, 0.25) is 0 Å². The predicted molar refractivity (Wildman–Crippen MR) is 122 cm³/mol. The van der Waals surface area contributed by atoms with E-state index in [1.807, 2.05) is 0 Å². The summed E-state index contributed by atoms with van der Waals surface area (Å²) in [6, 6.07) is 8.02. The summed E-state index contributed by atoms with van der Waals surface area (Å²) in [5, 5.41) is 26.6. The Labute approximate surface area is 195 Å². The average molecular weight is 470 g/mol. The summed E-state index contributed by atoms with van der Waals surface area (Å²) >= 11 is 0. The minimum Gasteiger partial charge on any atom is -0.389 e. The highest BCUT2D eigenvalue weighted by molar-refractivity contribution is 5.89. The molecule has 0 spiro atoms. The van der Waals surface area contributed by atoms with E-state index in [9.17, 15) is 23.5 Å². The van der Waals surface area contributed by atoms with Crippen LogP contribution in [0.15, 0.2) is 24.3 Å². The minimum absolute atomic E-state index is 0.0740. The molecule has 0 unspecified atom stereocenters. The summed E-state index contributed by atoms with van der Waals surface area (Å²) in [6.45, 7) is 5.15. The number of nitrogens with one attached hydrogen (secondary N) is 2. The molecule has 2 heterocycles. The number of aromatic nitrogens is 3. The van der Waals surface area contributed by atoms with Crippen molar-refractivity contribution in [1.29, 1.82) is 5.26 Å². The molecule has 3 N–H and O–H groups in total. The number of rotatable bonds is 8. The van der Waals surface area contributed by atoms with Crippen molar-refractivity contribution in [1.82, 2.24) is 15.0 Å². The zero-order chi connectivity index (χ0) is 24.7. The Bertz CT molecular complexity index is 1280. The first kappa shape index (κ1) is 23.7. The zero-order valence-corrected chi connectivity index (χ0v) is 19.1. The molecule has 0 saturated heterocycles. The molecule has 34 heavy (non-hydrogen) atoms. The number of aryl methyl sites for hydroxylation is 1. The second-order valence-electron chi connectivity index (χ2n) is 9.21. The molecule has 1 saturated carbocycles. The third kappa shape index (κ3) is 4.75. The van der Waals surface area contributed by atoms with E-state index in [-0.39, 0.29) is 18.7 Å². The first-order valence-electron chi connectivity index (χ1n) is 10.9. The van der Waals surface area contributed by atoms with Crippen LogP contribution in [0.25, 0.3) is 11.0 Å². The van der Waals surface area contributed by atoms with Gasteiger partial charge in [0.15, 0.2) is 5.65 Å². The van der Waals surface area contributed by atoms with Gasteiger partial charge < -0.3 is 15.7 Å². The Balaban J connectivity index is 1.74. The van der Waals surface area contributed by atoms with Crippen molar-refractivity contribution in [2.75, 3.05) is 17.2 Å². The fourth-order valence-electron chi connectivity index (χ4n) is 3.75. The van der Waals surface area contributed by atoms with Crippen LogP contribution < -0.4 is 10.6 Å². The number of hydrogen-bond donors (Lipinski definition) is 3. The van der Waals surface area contributed by atoms with Crippen LogP contribution >= 0.6 is 0 Å². The summed E-state index contributed by atoms with van der Waals surface area (Å²) in [5.74, 6) is 0.277. The van der Waals surface area contributed by atoms with Gasteiger partial charge in [0.1, 0.15) is 23.3 Å². The number of nitriles is 1. The maximum Gasteiger partial charge on any atom is 0.266 e. The number of anilines is 2. The van der Waals surface area contributed by atoms with Gasteiger partial charge in [-0.05, 0) is 39.7 Å². The van der Waals surface area contributed by atoms with E-state index in [0.29, 0.717) is 46.9 Å². The van der Waals surface area contributed by atoms with Crippen LogP contribution in [0.2, 0.25) is 0 Å². The van der Waals surface area contributed by atoms with Gasteiger partial charge in [-0.15, -0.1) is 0 Å². The Morgan fingerprint density at radius 3 is 2.53 bits per heavy atom. The van der Waals surface area contributed by atoms with Crippen LogP contribution in [-0.4, -0.2) is 32.2 Å². The lowest BCUT2D eigenvalue weighted by atomic mass is 9.96. The Morgan fingerprint density at radius 1 is 1.18 bits per heavy atom. The maximum atomic E-state index is 14.5. The second kappa shape index (κ2) is 8.72. The van der Waals surface area contributed by atoms with Crippen molar-refractivity contribution in [2.24, 2.45) is 0 Å². The predicted octanol–water partition coefficient (Wildman–Crippen LogP) is 4.76. The molecular formula is C24H25F3N6O. The maximum absolute atomic E-state index is 14.5. The monoisotopic (exact) mass is 470 g/mol. The van der Waals surface area contributed by atoms with E-state index in [4.69, 9.17) is 0 Å². The van der Waals surface area contributed by atoms with Crippen molar-refractivity contribution in [3.63, 3.8) is 0 Å². The lowest BCUT2D eigenvalue weighted by molar-refractivity contribution is 0.0944. The molecule has 0 radical (unpaired) electrons. The Hall–Kier alpha value is -3.45. The van der Waals surface area contributed by atoms with Crippen molar-refractivity contribution in [3.05, 3.63) is 52.6 Å². The number of halogens is 3. The molecule has 0 bridgehead atoms. The molecule has 0 amide bonds. The lowest BCUT2D eigenvalue weighted by Crippen LogP contribution is -2.30. The fraction of sp³-hybridized carbons (Fsp3) is 0.417. The summed E-state index contributed by atoms with van der Waals surface area (Å²) in [5.41, 5.74) is -1.24. The Morgan fingerprint density at radius 2 is 1.91 bits per heavy atom. The van der Waals surface area contributed by atoms with Crippen LogP contribution in [0.4, 0.5) is 24.8 Å². The van der Waals surface area contributed by atoms with Gasteiger partial charge in [0, 0.05) is 24.2 Å². The highest BCUT2D eigenvalue weighted by Gasteiger charge is 2.47. The third-order valence-electron chi connectivity index (χ3n) is 5.76. The molecule has 178 valence electrons. The van der Waals surface area contributed by atoms with Crippen molar-refractivity contribution in [2.45, 2.75) is 57.6 Å². The molecule has 1 aromatic carbocycles. The molecule has 10 heteroatoms. The van der Waals surface area contributed by atoms with Crippen LogP contribution in [-0.2, 0) is 12.0 Å². The first-order valence-corrected chi connectivity index (χ1v) is 10.9. The number of hydrogen-bond acceptors (Lipinski definition) is 7. The molecule has 1 aliphatic carbocycles. The number of nitrogens with zero attached hydrogens (tertiary/aromatic N) is 4. The van der Waals surface area contributed by atoms with Gasteiger partial charge in [0.05, 0.1) is 28.0 Å². The van der Waals surface area contributed by atoms with E-state index >= 15 is 0 Å². The SMILES string of the molecule is Cc1nc(NCc2cccc(C(F)F)c2F)c2cc(C3(C#N)CC3)c(NCC(C)(C)O)nc2n1. The highest BCUT2D eigenvalue weighted by Crippen LogP contribution is 2.50. The van der Waals surface area contributed by atoms with E-state index in [2.05, 4.69) is 31.7 Å². The molecule has 3 aromatic rings. The van der Waals surface area contributed by atoms with E-state index < -0.39 is 28.8 Å². The van der Waals surface area contributed by atoms with Gasteiger partial charge in [-0.1, -0.05) is 18.2 Å². The molecule has 4 rings (SSSR count). The molecule has 2 aromatic heterocycles. The average Bonchev–Trinajstić information content (AvgIpc) is 3.56. The molecule has 0 aliphatic heterocycles. The molecule has 1 aliphatic rings. The normalized spacial score (nSPS) is 14.8. The van der Waals surface area contributed by atoms with Crippen molar-refractivity contribution >= 4 is 22.7 Å². The summed E-state index contributed by atoms with van der Waals surface area (Å²) in [7, 11) is 0. The number of alkyl halides is 2. The van der Waals surface area contributed by atoms with Gasteiger partial charge in [-0.2, -0.15) is 5.26 Å². The topological polar surface area (TPSA) is 107 Å². The summed E-state index contributed by atoms with van der Waals surface area (Å²) < 4.78 is 40.6. The van der Waals surface area contributed by atoms with Crippen molar-refractivity contribution < 1.29 is 18.3 Å². The summed E-state index contributed by atoms with van der Waals surface area (Å²) in [4.78, 5) is 13.4. The van der Waals surface area contributed by atoms with E-state index in [1.54, 1.807) is 26.8 Å².